The molecule has 2 nitrogen and oxygen atoms in total. The van der Waals surface area contributed by atoms with Gasteiger partial charge >= 0.3 is 6.18 Å². The highest BCUT2D eigenvalue weighted by Gasteiger charge is 2.32. The van der Waals surface area contributed by atoms with Gasteiger partial charge in [0.15, 0.2) is 0 Å². The summed E-state index contributed by atoms with van der Waals surface area (Å²) in [6.45, 7) is 4.88. The zero-order chi connectivity index (χ0) is 14.9. The molecule has 1 heterocycles. The third-order valence-corrected chi connectivity index (χ3v) is 4.98. The van der Waals surface area contributed by atoms with Crippen molar-refractivity contribution in [2.75, 3.05) is 17.2 Å². The standard InChI is InChI=1S/C14H15F3N2S/c1-9-10(2)20-6-5-19(9)13-4-3-12(14(15,16)17)7-11(13)8-18/h3-4,7,9-10H,5-6H2,1-2H3. The van der Waals surface area contributed by atoms with Crippen molar-refractivity contribution >= 4 is 17.4 Å². The Bertz CT molecular complexity index is 536. The van der Waals surface area contributed by atoms with Crippen molar-refractivity contribution in [2.24, 2.45) is 0 Å². The summed E-state index contributed by atoms with van der Waals surface area (Å²) >= 11 is 1.84. The molecule has 0 saturated carbocycles. The lowest BCUT2D eigenvalue weighted by Crippen LogP contribution is -2.45. The largest absolute Gasteiger partial charge is 0.416 e. The molecule has 20 heavy (non-hydrogen) atoms. The Balaban J connectivity index is 2.40. The molecule has 0 bridgehead atoms. The first-order valence-corrected chi connectivity index (χ1v) is 7.39. The fourth-order valence-corrected chi connectivity index (χ4v) is 3.42. The molecule has 0 amide bonds. The van der Waals surface area contributed by atoms with Crippen molar-refractivity contribution in [2.45, 2.75) is 31.3 Å². The number of halogens is 3. The maximum atomic E-state index is 12.7. The Morgan fingerprint density at radius 2 is 2.05 bits per heavy atom. The lowest BCUT2D eigenvalue weighted by Gasteiger charge is -2.39. The highest BCUT2D eigenvalue weighted by Crippen LogP contribution is 2.35. The Hall–Kier alpha value is -1.35. The molecule has 0 aromatic heterocycles. The number of benzene rings is 1. The van der Waals surface area contributed by atoms with Crippen LogP contribution >= 0.6 is 11.8 Å². The molecule has 0 spiro atoms. The van der Waals surface area contributed by atoms with Crippen LogP contribution < -0.4 is 4.90 Å². The number of hydrogen-bond acceptors (Lipinski definition) is 3. The summed E-state index contributed by atoms with van der Waals surface area (Å²) in [5.41, 5.74) is -0.0872. The molecule has 108 valence electrons. The minimum absolute atomic E-state index is 0.0887. The van der Waals surface area contributed by atoms with Gasteiger partial charge in [-0.3, -0.25) is 0 Å². The molecule has 0 N–H and O–H groups in total. The van der Waals surface area contributed by atoms with Crippen LogP contribution in [-0.4, -0.2) is 23.6 Å². The number of nitrogens with zero attached hydrogens (tertiary/aromatic N) is 2. The normalized spacial score (nSPS) is 23.5. The molecule has 0 radical (unpaired) electrons. The lowest BCUT2D eigenvalue weighted by molar-refractivity contribution is -0.137. The average molecular weight is 300 g/mol. The summed E-state index contributed by atoms with van der Waals surface area (Å²) in [5.74, 6) is 0.914. The van der Waals surface area contributed by atoms with Gasteiger partial charge in [-0.25, -0.2) is 0 Å². The molecule has 1 aromatic rings. The van der Waals surface area contributed by atoms with E-state index in [0.29, 0.717) is 10.9 Å². The smallest absolute Gasteiger partial charge is 0.366 e. The van der Waals surface area contributed by atoms with Crippen molar-refractivity contribution in [3.05, 3.63) is 29.3 Å². The first kappa shape index (κ1) is 15.0. The quantitative estimate of drug-likeness (QED) is 0.787. The van der Waals surface area contributed by atoms with Gasteiger partial charge in [0.05, 0.1) is 16.8 Å². The van der Waals surface area contributed by atoms with Gasteiger partial charge in [0.2, 0.25) is 0 Å². The van der Waals surface area contributed by atoms with Gasteiger partial charge in [0.1, 0.15) is 6.07 Å². The van der Waals surface area contributed by atoms with Crippen LogP contribution in [0.25, 0.3) is 0 Å². The molecule has 1 fully saturated rings. The number of anilines is 1. The predicted octanol–water partition coefficient (Wildman–Crippen LogP) is 3.91. The lowest BCUT2D eigenvalue weighted by atomic mass is 10.1. The van der Waals surface area contributed by atoms with Crippen LogP contribution in [0.4, 0.5) is 18.9 Å². The van der Waals surface area contributed by atoms with Gasteiger partial charge in [0.25, 0.3) is 0 Å². The minimum Gasteiger partial charge on any atom is -0.366 e. The Morgan fingerprint density at radius 1 is 1.35 bits per heavy atom. The topological polar surface area (TPSA) is 27.0 Å². The van der Waals surface area contributed by atoms with Crippen molar-refractivity contribution < 1.29 is 13.2 Å². The van der Waals surface area contributed by atoms with Crippen LogP contribution in [0, 0.1) is 11.3 Å². The van der Waals surface area contributed by atoms with E-state index in [1.165, 1.54) is 6.07 Å². The van der Waals surface area contributed by atoms with E-state index in [9.17, 15) is 13.2 Å². The number of nitriles is 1. The van der Waals surface area contributed by atoms with E-state index in [0.717, 1.165) is 24.4 Å². The fraction of sp³-hybridized carbons (Fsp3) is 0.500. The highest BCUT2D eigenvalue weighted by atomic mass is 32.2. The van der Waals surface area contributed by atoms with Gasteiger partial charge in [-0.05, 0) is 25.1 Å². The fourth-order valence-electron chi connectivity index (χ4n) is 2.33. The summed E-state index contributed by atoms with van der Waals surface area (Å²) < 4.78 is 38.1. The van der Waals surface area contributed by atoms with Crippen LogP contribution in [0.2, 0.25) is 0 Å². The summed E-state index contributed by atoms with van der Waals surface area (Å²) in [6.07, 6.45) is -4.42. The highest BCUT2D eigenvalue weighted by molar-refractivity contribution is 8.00. The maximum absolute atomic E-state index is 12.7. The molecule has 2 atom stereocenters. The van der Waals surface area contributed by atoms with E-state index < -0.39 is 11.7 Å². The van der Waals surface area contributed by atoms with Crippen molar-refractivity contribution in [3.63, 3.8) is 0 Å². The minimum atomic E-state index is -4.42. The zero-order valence-corrected chi connectivity index (χ0v) is 12.1. The molecule has 2 rings (SSSR count). The summed E-state index contributed by atoms with van der Waals surface area (Å²) in [7, 11) is 0. The summed E-state index contributed by atoms with van der Waals surface area (Å²) in [4.78, 5) is 2.03. The number of alkyl halides is 3. The van der Waals surface area contributed by atoms with Crippen LogP contribution in [0.1, 0.15) is 25.0 Å². The van der Waals surface area contributed by atoms with Crippen LogP contribution in [0.15, 0.2) is 18.2 Å². The van der Waals surface area contributed by atoms with Gasteiger partial charge in [0, 0.05) is 23.6 Å². The first-order valence-electron chi connectivity index (χ1n) is 6.34. The van der Waals surface area contributed by atoms with Gasteiger partial charge < -0.3 is 4.90 Å². The molecular weight excluding hydrogens is 285 g/mol. The second-order valence-corrected chi connectivity index (χ2v) is 6.34. The van der Waals surface area contributed by atoms with E-state index in [1.807, 2.05) is 29.7 Å². The van der Waals surface area contributed by atoms with E-state index >= 15 is 0 Å². The van der Waals surface area contributed by atoms with E-state index in [2.05, 4.69) is 6.92 Å². The molecule has 1 aliphatic heterocycles. The van der Waals surface area contributed by atoms with Crippen LogP contribution in [0.3, 0.4) is 0 Å². The van der Waals surface area contributed by atoms with E-state index in [1.54, 1.807) is 0 Å². The summed E-state index contributed by atoms with van der Waals surface area (Å²) in [5, 5.41) is 9.53. The predicted molar refractivity (Wildman–Crippen MR) is 74.9 cm³/mol. The van der Waals surface area contributed by atoms with Crippen molar-refractivity contribution in [1.82, 2.24) is 0 Å². The Kier molecular flexibility index (Phi) is 4.19. The summed E-state index contributed by atoms with van der Waals surface area (Å²) in [6, 6.07) is 5.49. The SMILES string of the molecule is CC1SCCN(c2ccc(C(F)(F)F)cc2C#N)C1C. The first-order chi connectivity index (χ1) is 9.34. The molecule has 1 aliphatic rings. The number of rotatable bonds is 1. The molecule has 6 heteroatoms. The second-order valence-electron chi connectivity index (χ2n) is 4.85. The van der Waals surface area contributed by atoms with E-state index in [4.69, 9.17) is 5.26 Å². The molecule has 1 saturated heterocycles. The molecule has 1 aromatic carbocycles. The Morgan fingerprint density at radius 3 is 2.65 bits per heavy atom. The average Bonchev–Trinajstić information content (AvgIpc) is 2.40. The van der Waals surface area contributed by atoms with Gasteiger partial charge in [-0.1, -0.05) is 6.92 Å². The second kappa shape index (κ2) is 5.57. The Labute approximate surface area is 120 Å². The van der Waals surface area contributed by atoms with Crippen LogP contribution in [0.5, 0.6) is 0 Å². The third kappa shape index (κ3) is 2.88. The van der Waals surface area contributed by atoms with E-state index in [-0.39, 0.29) is 11.6 Å². The van der Waals surface area contributed by atoms with Gasteiger partial charge in [-0.2, -0.15) is 30.2 Å². The maximum Gasteiger partial charge on any atom is 0.416 e. The number of hydrogen-bond donors (Lipinski definition) is 0. The van der Waals surface area contributed by atoms with Crippen molar-refractivity contribution in [3.8, 4) is 6.07 Å². The molecule has 2 unspecified atom stereocenters. The third-order valence-electron chi connectivity index (χ3n) is 3.64. The molecule has 0 aliphatic carbocycles. The van der Waals surface area contributed by atoms with Gasteiger partial charge in [-0.15, -0.1) is 0 Å². The number of thioether (sulfide) groups is 1. The zero-order valence-electron chi connectivity index (χ0n) is 11.2. The molecular formula is C14H15F3N2S. The monoisotopic (exact) mass is 300 g/mol. The van der Waals surface area contributed by atoms with Crippen LogP contribution in [-0.2, 0) is 6.18 Å². The van der Waals surface area contributed by atoms with Crippen molar-refractivity contribution in [1.29, 1.82) is 5.26 Å².